The highest BCUT2D eigenvalue weighted by atomic mass is 32.2. The minimum absolute atomic E-state index is 0.203. The molecule has 2 N–H and O–H groups in total. The first-order valence-electron chi connectivity index (χ1n) is 10.9. The molecule has 4 heterocycles. The predicted octanol–water partition coefficient (Wildman–Crippen LogP) is 4.46. The van der Waals surface area contributed by atoms with Crippen LogP contribution in [0.25, 0.3) is 6.08 Å². The van der Waals surface area contributed by atoms with Crippen LogP contribution in [0.15, 0.2) is 46.9 Å². The Balaban J connectivity index is 1.28. The van der Waals surface area contributed by atoms with E-state index >= 15 is 0 Å². The van der Waals surface area contributed by atoms with Gasteiger partial charge in [0.2, 0.25) is 5.91 Å². The minimum Gasteiger partial charge on any atom is -0.348 e. The van der Waals surface area contributed by atoms with Crippen molar-refractivity contribution in [3.63, 3.8) is 0 Å². The molecule has 35 heavy (non-hydrogen) atoms. The zero-order valence-electron chi connectivity index (χ0n) is 18.4. The van der Waals surface area contributed by atoms with Crippen LogP contribution < -0.4 is 10.6 Å². The van der Waals surface area contributed by atoms with E-state index in [1.54, 1.807) is 18.5 Å². The van der Waals surface area contributed by atoms with Crippen molar-refractivity contribution in [2.75, 3.05) is 11.9 Å². The minimum atomic E-state index is -0.389. The molecule has 0 radical (unpaired) electrons. The first-order valence-corrected chi connectivity index (χ1v) is 13.8. The third-order valence-corrected chi connectivity index (χ3v) is 8.97. The summed E-state index contributed by atoms with van der Waals surface area (Å²) in [5.41, 5.74) is 2.41. The standard InChI is InChI=1S/C24H20N4O3S4/c29-19(13-28-23(31)18(35-24(28)32)10-15-5-3-9-33-15)27-22-20(16-6-1-7-17(16)34-22)21(30)26-12-14-4-2-8-25-11-14/h2-5,8-11H,1,6-7,12-13H2,(H,26,30)(H,27,29)/b18-10-. The third kappa shape index (κ3) is 5.22. The molecule has 7 nitrogen and oxygen atoms in total. The fourth-order valence-corrected chi connectivity index (χ4v) is 7.24. The summed E-state index contributed by atoms with van der Waals surface area (Å²) in [6, 6.07) is 7.54. The lowest BCUT2D eigenvalue weighted by atomic mass is 10.1. The second kappa shape index (κ2) is 10.4. The molecule has 1 saturated heterocycles. The number of anilines is 1. The fraction of sp³-hybridized carbons (Fsp3) is 0.208. The average molecular weight is 541 g/mol. The van der Waals surface area contributed by atoms with E-state index in [2.05, 4.69) is 15.6 Å². The van der Waals surface area contributed by atoms with E-state index in [4.69, 9.17) is 12.2 Å². The van der Waals surface area contributed by atoms with Crippen molar-refractivity contribution >= 4 is 79.8 Å². The lowest BCUT2D eigenvalue weighted by Crippen LogP contribution is -2.36. The monoisotopic (exact) mass is 540 g/mol. The number of nitrogens with one attached hydrogen (secondary N) is 2. The molecule has 2 aliphatic rings. The van der Waals surface area contributed by atoms with Crippen LogP contribution in [0.5, 0.6) is 0 Å². The van der Waals surface area contributed by atoms with Crippen LogP contribution in [0, 0.1) is 0 Å². The number of amides is 3. The number of thiophene rings is 2. The number of fused-ring (bicyclic) bond motifs is 1. The van der Waals surface area contributed by atoms with Crippen molar-refractivity contribution in [1.82, 2.24) is 15.2 Å². The molecule has 0 saturated carbocycles. The highest BCUT2D eigenvalue weighted by Crippen LogP contribution is 2.39. The number of nitrogens with zero attached hydrogens (tertiary/aromatic N) is 2. The normalized spacial score (nSPS) is 16.1. The molecule has 5 rings (SSSR count). The molecular weight excluding hydrogens is 521 g/mol. The van der Waals surface area contributed by atoms with Gasteiger partial charge in [0.1, 0.15) is 15.9 Å². The summed E-state index contributed by atoms with van der Waals surface area (Å²) in [6.07, 6.45) is 7.86. The molecule has 3 aromatic rings. The fourth-order valence-electron chi connectivity index (χ4n) is 3.95. The molecule has 0 aromatic carbocycles. The highest BCUT2D eigenvalue weighted by Gasteiger charge is 2.34. The van der Waals surface area contributed by atoms with Gasteiger partial charge in [-0.05, 0) is 54.0 Å². The van der Waals surface area contributed by atoms with Crippen LogP contribution in [-0.4, -0.2) is 38.5 Å². The predicted molar refractivity (Wildman–Crippen MR) is 145 cm³/mol. The summed E-state index contributed by atoms with van der Waals surface area (Å²) in [4.78, 5) is 46.8. The molecule has 0 spiro atoms. The maximum atomic E-state index is 13.1. The van der Waals surface area contributed by atoms with Gasteiger partial charge >= 0.3 is 0 Å². The lowest BCUT2D eigenvalue weighted by molar-refractivity contribution is -0.126. The number of rotatable bonds is 7. The van der Waals surface area contributed by atoms with Crippen LogP contribution in [0.2, 0.25) is 0 Å². The van der Waals surface area contributed by atoms with Gasteiger partial charge in [-0.3, -0.25) is 24.3 Å². The summed E-state index contributed by atoms with van der Waals surface area (Å²) in [5.74, 6) is -0.903. The molecule has 1 fully saturated rings. The van der Waals surface area contributed by atoms with Gasteiger partial charge in [0, 0.05) is 28.7 Å². The van der Waals surface area contributed by atoms with Gasteiger partial charge < -0.3 is 10.6 Å². The Morgan fingerprint density at radius 3 is 2.89 bits per heavy atom. The summed E-state index contributed by atoms with van der Waals surface area (Å²) in [5, 5.41) is 8.26. The number of pyridine rings is 1. The Bertz CT molecular complexity index is 1330. The summed E-state index contributed by atoms with van der Waals surface area (Å²) >= 11 is 9.51. The van der Waals surface area contributed by atoms with Crippen molar-refractivity contribution in [1.29, 1.82) is 0 Å². The van der Waals surface area contributed by atoms with Gasteiger partial charge in [-0.25, -0.2) is 0 Å². The van der Waals surface area contributed by atoms with E-state index in [1.165, 1.54) is 39.3 Å². The third-order valence-electron chi connectivity index (χ3n) is 5.57. The molecule has 1 aliphatic carbocycles. The van der Waals surface area contributed by atoms with Gasteiger partial charge in [-0.15, -0.1) is 22.7 Å². The number of thioether (sulfide) groups is 1. The molecule has 0 bridgehead atoms. The second-order valence-electron chi connectivity index (χ2n) is 7.94. The lowest BCUT2D eigenvalue weighted by Gasteiger charge is -2.14. The molecule has 11 heteroatoms. The highest BCUT2D eigenvalue weighted by molar-refractivity contribution is 8.26. The van der Waals surface area contributed by atoms with E-state index in [0.717, 1.165) is 40.1 Å². The second-order valence-corrected chi connectivity index (χ2v) is 11.7. The van der Waals surface area contributed by atoms with Crippen LogP contribution in [0.4, 0.5) is 5.00 Å². The largest absolute Gasteiger partial charge is 0.348 e. The number of aromatic nitrogens is 1. The van der Waals surface area contributed by atoms with E-state index in [0.29, 0.717) is 26.3 Å². The maximum Gasteiger partial charge on any atom is 0.266 e. The Morgan fingerprint density at radius 1 is 1.23 bits per heavy atom. The molecule has 1 aliphatic heterocycles. The topological polar surface area (TPSA) is 91.4 Å². The number of hydrogen-bond donors (Lipinski definition) is 2. The van der Waals surface area contributed by atoms with Crippen LogP contribution >= 0.6 is 46.7 Å². The number of carbonyl (C=O) groups excluding carboxylic acids is 3. The van der Waals surface area contributed by atoms with Crippen molar-refractivity contribution in [3.05, 3.63) is 73.4 Å². The Morgan fingerprint density at radius 2 is 2.11 bits per heavy atom. The number of thiocarbonyl (C=S) groups is 1. The van der Waals surface area contributed by atoms with Crippen molar-refractivity contribution < 1.29 is 14.4 Å². The van der Waals surface area contributed by atoms with Gasteiger partial charge in [0.15, 0.2) is 0 Å². The van der Waals surface area contributed by atoms with Crippen molar-refractivity contribution in [2.24, 2.45) is 0 Å². The van der Waals surface area contributed by atoms with Gasteiger partial charge in [-0.1, -0.05) is 36.1 Å². The average Bonchev–Trinajstić information content (AvgIpc) is 3.62. The summed E-state index contributed by atoms with van der Waals surface area (Å²) < 4.78 is 0.344. The molecule has 3 aromatic heterocycles. The SMILES string of the molecule is O=C(CN1C(=O)/C(=C/c2cccs2)SC1=S)Nc1sc2c(c1C(=O)NCc1cccnc1)CCC2. The van der Waals surface area contributed by atoms with Crippen molar-refractivity contribution in [3.8, 4) is 0 Å². The summed E-state index contributed by atoms with van der Waals surface area (Å²) in [6.45, 7) is 0.142. The zero-order valence-corrected chi connectivity index (χ0v) is 21.7. The first-order chi connectivity index (χ1) is 17.0. The number of carbonyl (C=O) groups is 3. The van der Waals surface area contributed by atoms with Crippen LogP contribution in [-0.2, 0) is 29.0 Å². The van der Waals surface area contributed by atoms with Gasteiger partial charge in [-0.2, -0.15) is 0 Å². The van der Waals surface area contributed by atoms with Crippen molar-refractivity contribution in [2.45, 2.75) is 25.8 Å². The van der Waals surface area contributed by atoms with Crippen LogP contribution in [0.1, 0.15) is 37.7 Å². The van der Waals surface area contributed by atoms with E-state index in [-0.39, 0.29) is 24.3 Å². The molecular formula is C24H20N4O3S4. The molecule has 0 unspecified atom stereocenters. The Labute approximate surface area is 219 Å². The Hall–Kier alpha value is -2.86. The maximum absolute atomic E-state index is 13.1. The molecule has 178 valence electrons. The van der Waals surface area contributed by atoms with E-state index in [9.17, 15) is 14.4 Å². The first kappa shape index (κ1) is 23.9. The molecule has 0 atom stereocenters. The van der Waals surface area contributed by atoms with E-state index in [1.807, 2.05) is 29.6 Å². The van der Waals surface area contributed by atoms with Gasteiger partial charge in [0.25, 0.3) is 11.8 Å². The zero-order chi connectivity index (χ0) is 24.4. The van der Waals surface area contributed by atoms with E-state index < -0.39 is 0 Å². The number of hydrogen-bond acceptors (Lipinski definition) is 8. The quantitative estimate of drug-likeness (QED) is 0.340. The summed E-state index contributed by atoms with van der Waals surface area (Å²) in [7, 11) is 0. The Kier molecular flexibility index (Phi) is 7.09. The van der Waals surface area contributed by atoms with Gasteiger partial charge in [0.05, 0.1) is 10.5 Å². The smallest absolute Gasteiger partial charge is 0.266 e. The number of aryl methyl sites for hydroxylation is 1. The van der Waals surface area contributed by atoms with Crippen LogP contribution in [0.3, 0.4) is 0 Å². The molecule has 3 amide bonds.